The van der Waals surface area contributed by atoms with Crippen LogP contribution in [0, 0.1) is 0 Å². The molecule has 0 spiro atoms. The Hall–Kier alpha value is -0.320. The number of aliphatic hydroxyl groups is 1. The van der Waals surface area contributed by atoms with E-state index in [0.29, 0.717) is 16.6 Å². The Morgan fingerprint density at radius 2 is 2.11 bits per heavy atom. The number of hydrogen-bond acceptors (Lipinski definition) is 3. The van der Waals surface area contributed by atoms with Gasteiger partial charge in [-0.1, -0.05) is 35.3 Å². The molecule has 2 atom stereocenters. The topological polar surface area (TPSA) is 58.3 Å². The lowest BCUT2D eigenvalue weighted by Crippen LogP contribution is -2.35. The number of halogens is 2. The number of aliphatic hydroxyl groups excluding tert-OH is 1. The van der Waals surface area contributed by atoms with Crippen molar-refractivity contribution in [1.29, 1.82) is 0 Å². The second-order valence-electron chi connectivity index (χ2n) is 4.36. The monoisotopic (exact) mass is 290 g/mol. The zero-order chi connectivity index (χ0) is 13.5. The molecular weight excluding hydrogens is 271 g/mol. The third-order valence-electron chi connectivity index (χ3n) is 2.87. The van der Waals surface area contributed by atoms with Crippen LogP contribution < -0.4 is 11.1 Å². The molecule has 1 rings (SSSR count). The highest BCUT2D eigenvalue weighted by atomic mass is 35.5. The summed E-state index contributed by atoms with van der Waals surface area (Å²) in [6, 6.07) is 5.80. The molecule has 3 nitrogen and oxygen atoms in total. The minimum Gasteiger partial charge on any atom is -0.396 e. The summed E-state index contributed by atoms with van der Waals surface area (Å²) in [5, 5.41) is 13.3. The zero-order valence-corrected chi connectivity index (χ0v) is 12.0. The largest absolute Gasteiger partial charge is 0.396 e. The zero-order valence-electron chi connectivity index (χ0n) is 10.5. The highest BCUT2D eigenvalue weighted by Gasteiger charge is 2.16. The van der Waals surface area contributed by atoms with Gasteiger partial charge in [-0.05, 0) is 31.4 Å². The molecule has 1 aromatic carbocycles. The summed E-state index contributed by atoms with van der Waals surface area (Å²) in [4.78, 5) is 0. The van der Waals surface area contributed by atoms with Crippen molar-refractivity contribution in [1.82, 2.24) is 5.32 Å². The van der Waals surface area contributed by atoms with E-state index in [4.69, 9.17) is 34.0 Å². The lowest BCUT2D eigenvalue weighted by Gasteiger charge is -2.23. The van der Waals surface area contributed by atoms with Crippen molar-refractivity contribution in [2.75, 3.05) is 13.2 Å². The van der Waals surface area contributed by atoms with E-state index in [1.165, 1.54) is 0 Å². The van der Waals surface area contributed by atoms with Crippen molar-refractivity contribution >= 4 is 23.2 Å². The Labute approximate surface area is 118 Å². The predicted octanol–water partition coefficient (Wildman–Crippen LogP) is 2.74. The van der Waals surface area contributed by atoms with Gasteiger partial charge in [-0.3, -0.25) is 0 Å². The van der Waals surface area contributed by atoms with Crippen LogP contribution >= 0.6 is 23.2 Å². The van der Waals surface area contributed by atoms with Gasteiger partial charge < -0.3 is 16.2 Å². The molecule has 0 aliphatic rings. The van der Waals surface area contributed by atoms with Crippen LogP contribution in [0.1, 0.15) is 31.4 Å². The van der Waals surface area contributed by atoms with Crippen molar-refractivity contribution in [3.05, 3.63) is 33.8 Å². The lowest BCUT2D eigenvalue weighted by atomic mass is 10.0. The second-order valence-corrected chi connectivity index (χ2v) is 5.15. The van der Waals surface area contributed by atoms with Crippen LogP contribution in [0.5, 0.6) is 0 Å². The van der Waals surface area contributed by atoms with Gasteiger partial charge in [-0.25, -0.2) is 0 Å². The molecule has 0 fully saturated rings. The SMILES string of the molecule is CC(CCCO)NC(CN)c1cccc(Cl)c1Cl. The quantitative estimate of drug-likeness (QED) is 0.724. The Morgan fingerprint density at radius 1 is 1.39 bits per heavy atom. The van der Waals surface area contributed by atoms with Crippen molar-refractivity contribution < 1.29 is 5.11 Å². The smallest absolute Gasteiger partial charge is 0.0640 e. The molecule has 1 aromatic rings. The number of nitrogens with one attached hydrogen (secondary N) is 1. The summed E-state index contributed by atoms with van der Waals surface area (Å²) in [5.41, 5.74) is 6.71. The van der Waals surface area contributed by atoms with Crippen LogP contribution in [-0.4, -0.2) is 24.3 Å². The van der Waals surface area contributed by atoms with Crippen LogP contribution in [0.4, 0.5) is 0 Å². The van der Waals surface area contributed by atoms with Crippen LogP contribution in [0.15, 0.2) is 18.2 Å². The molecule has 102 valence electrons. The highest BCUT2D eigenvalue weighted by molar-refractivity contribution is 6.42. The van der Waals surface area contributed by atoms with Crippen LogP contribution in [0.2, 0.25) is 10.0 Å². The summed E-state index contributed by atoms with van der Waals surface area (Å²) < 4.78 is 0. The standard InChI is InChI=1S/C13H20Cl2N2O/c1-9(4-3-7-18)17-12(8-16)10-5-2-6-11(14)13(10)15/h2,5-6,9,12,17-18H,3-4,7-8,16H2,1H3. The molecular formula is C13H20Cl2N2O. The fourth-order valence-electron chi connectivity index (χ4n) is 1.90. The van der Waals surface area contributed by atoms with Gasteiger partial charge in [0.25, 0.3) is 0 Å². The van der Waals surface area contributed by atoms with Gasteiger partial charge in [0.2, 0.25) is 0 Å². The van der Waals surface area contributed by atoms with Gasteiger partial charge in [-0.2, -0.15) is 0 Å². The van der Waals surface area contributed by atoms with Gasteiger partial charge >= 0.3 is 0 Å². The summed E-state index contributed by atoms with van der Waals surface area (Å²) in [6.45, 7) is 2.72. The van der Waals surface area contributed by atoms with E-state index < -0.39 is 0 Å². The maximum absolute atomic E-state index is 8.81. The number of benzene rings is 1. The van der Waals surface area contributed by atoms with Crippen LogP contribution in [0.25, 0.3) is 0 Å². The molecule has 0 amide bonds. The van der Waals surface area contributed by atoms with Crippen molar-refractivity contribution in [2.24, 2.45) is 5.73 Å². The summed E-state index contributed by atoms with van der Waals surface area (Å²) in [6.07, 6.45) is 1.67. The van der Waals surface area contributed by atoms with Gasteiger partial charge in [0.1, 0.15) is 0 Å². The molecule has 0 aliphatic heterocycles. The molecule has 5 heteroatoms. The van der Waals surface area contributed by atoms with E-state index in [1.54, 1.807) is 6.07 Å². The molecule has 0 saturated heterocycles. The first kappa shape index (κ1) is 15.7. The first-order valence-electron chi connectivity index (χ1n) is 6.11. The van der Waals surface area contributed by atoms with Gasteiger partial charge in [0.05, 0.1) is 10.0 Å². The maximum Gasteiger partial charge on any atom is 0.0640 e. The van der Waals surface area contributed by atoms with Crippen LogP contribution in [-0.2, 0) is 0 Å². The molecule has 2 unspecified atom stereocenters. The Kier molecular flexibility index (Phi) is 6.97. The van der Waals surface area contributed by atoms with E-state index >= 15 is 0 Å². The van der Waals surface area contributed by atoms with Crippen molar-refractivity contribution in [3.8, 4) is 0 Å². The van der Waals surface area contributed by atoms with Crippen LogP contribution in [0.3, 0.4) is 0 Å². The van der Waals surface area contributed by atoms with Crippen molar-refractivity contribution in [2.45, 2.75) is 31.8 Å². The first-order valence-corrected chi connectivity index (χ1v) is 6.86. The normalized spacial score (nSPS) is 14.5. The average molecular weight is 291 g/mol. The first-order chi connectivity index (χ1) is 8.60. The van der Waals surface area contributed by atoms with E-state index in [9.17, 15) is 0 Å². The molecule has 0 saturated carbocycles. The van der Waals surface area contributed by atoms with E-state index in [0.717, 1.165) is 18.4 Å². The number of rotatable bonds is 7. The minimum atomic E-state index is -0.0232. The Morgan fingerprint density at radius 3 is 2.72 bits per heavy atom. The van der Waals surface area contributed by atoms with Crippen molar-refractivity contribution in [3.63, 3.8) is 0 Å². The maximum atomic E-state index is 8.81. The Bertz CT molecular complexity index is 374. The fraction of sp³-hybridized carbons (Fsp3) is 0.538. The molecule has 0 bridgehead atoms. The van der Waals surface area contributed by atoms with E-state index in [-0.39, 0.29) is 18.7 Å². The van der Waals surface area contributed by atoms with Gasteiger partial charge in [-0.15, -0.1) is 0 Å². The average Bonchev–Trinajstić information content (AvgIpc) is 2.37. The molecule has 0 radical (unpaired) electrons. The summed E-state index contributed by atoms with van der Waals surface area (Å²) >= 11 is 12.2. The minimum absolute atomic E-state index is 0.0232. The lowest BCUT2D eigenvalue weighted by molar-refractivity contribution is 0.274. The van der Waals surface area contributed by atoms with Gasteiger partial charge in [0, 0.05) is 25.2 Å². The molecule has 0 aromatic heterocycles. The third kappa shape index (κ3) is 4.41. The predicted molar refractivity (Wildman–Crippen MR) is 77.2 cm³/mol. The highest BCUT2D eigenvalue weighted by Crippen LogP contribution is 2.29. The van der Waals surface area contributed by atoms with E-state index in [2.05, 4.69) is 12.2 Å². The molecule has 0 aliphatic carbocycles. The third-order valence-corrected chi connectivity index (χ3v) is 3.71. The van der Waals surface area contributed by atoms with E-state index in [1.807, 2.05) is 12.1 Å². The Balaban J connectivity index is 2.74. The summed E-state index contributed by atoms with van der Waals surface area (Å²) in [5.74, 6) is 0. The van der Waals surface area contributed by atoms with Gasteiger partial charge in [0.15, 0.2) is 0 Å². The number of hydrogen-bond donors (Lipinski definition) is 3. The number of nitrogens with two attached hydrogens (primary N) is 1. The summed E-state index contributed by atoms with van der Waals surface area (Å²) in [7, 11) is 0. The fourth-order valence-corrected chi connectivity index (χ4v) is 2.34. The molecule has 18 heavy (non-hydrogen) atoms. The molecule has 0 heterocycles. The second kappa shape index (κ2) is 7.97. The molecule has 4 N–H and O–H groups in total.